The smallest absolute Gasteiger partial charge is 0.225 e. The van der Waals surface area contributed by atoms with Crippen molar-refractivity contribution in [1.82, 2.24) is 9.97 Å². The minimum absolute atomic E-state index is 0.248. The third-order valence-electron chi connectivity index (χ3n) is 2.56. The molecule has 0 aromatic carbocycles. The van der Waals surface area contributed by atoms with E-state index < -0.39 is 0 Å². The number of nitrogens with two attached hydrogens (primary N) is 1. The first-order chi connectivity index (χ1) is 6.66. The Kier molecular flexibility index (Phi) is 2.87. The molecular weight excluding hydrogens is 291 g/mol. The van der Waals surface area contributed by atoms with Gasteiger partial charge in [0, 0.05) is 35.1 Å². The van der Waals surface area contributed by atoms with Gasteiger partial charge in [0.1, 0.15) is 0 Å². The molecule has 1 saturated heterocycles. The van der Waals surface area contributed by atoms with Gasteiger partial charge in [-0.2, -0.15) is 0 Å². The monoisotopic (exact) mass is 304 g/mol. The van der Waals surface area contributed by atoms with E-state index in [4.69, 9.17) is 5.73 Å². The number of aromatic nitrogens is 2. The molecule has 2 unspecified atom stereocenters. The lowest BCUT2D eigenvalue weighted by molar-refractivity contribution is 0.565. The summed E-state index contributed by atoms with van der Waals surface area (Å²) < 4.78 is 1.06. The zero-order valence-corrected chi connectivity index (χ0v) is 10.2. The summed E-state index contributed by atoms with van der Waals surface area (Å²) in [6.07, 6.45) is 3.66. The van der Waals surface area contributed by atoms with Crippen molar-refractivity contribution < 1.29 is 0 Å². The van der Waals surface area contributed by atoms with Gasteiger partial charge in [0.2, 0.25) is 5.95 Å². The molecule has 0 bridgehead atoms. The van der Waals surface area contributed by atoms with E-state index in [0.29, 0.717) is 5.92 Å². The number of nitrogens with zero attached hydrogens (tertiary/aromatic N) is 3. The maximum absolute atomic E-state index is 5.94. The van der Waals surface area contributed by atoms with Crippen LogP contribution in [0.5, 0.6) is 0 Å². The lowest BCUT2D eigenvalue weighted by atomic mass is 10.1. The Morgan fingerprint density at radius 2 is 2.07 bits per heavy atom. The fraction of sp³-hybridized carbons (Fsp3) is 0.556. The summed E-state index contributed by atoms with van der Waals surface area (Å²) in [6, 6.07) is 0.248. The second kappa shape index (κ2) is 3.98. The van der Waals surface area contributed by atoms with Crippen LogP contribution < -0.4 is 10.6 Å². The van der Waals surface area contributed by atoms with Gasteiger partial charge in [-0.3, -0.25) is 0 Å². The highest BCUT2D eigenvalue weighted by Gasteiger charge is 2.27. The number of hydrogen-bond donors (Lipinski definition) is 1. The largest absolute Gasteiger partial charge is 0.339 e. The van der Waals surface area contributed by atoms with E-state index in [1.54, 1.807) is 0 Å². The highest BCUT2D eigenvalue weighted by atomic mass is 127. The van der Waals surface area contributed by atoms with Crippen LogP contribution in [0.15, 0.2) is 12.4 Å². The van der Waals surface area contributed by atoms with Gasteiger partial charge in [0.25, 0.3) is 0 Å². The van der Waals surface area contributed by atoms with Crippen molar-refractivity contribution in [2.45, 2.75) is 13.0 Å². The lowest BCUT2D eigenvalue weighted by Crippen LogP contribution is -2.29. The first-order valence-corrected chi connectivity index (χ1v) is 5.73. The molecule has 0 saturated carbocycles. The number of anilines is 1. The summed E-state index contributed by atoms with van der Waals surface area (Å²) in [5.41, 5.74) is 5.94. The van der Waals surface area contributed by atoms with Crippen molar-refractivity contribution in [1.29, 1.82) is 0 Å². The van der Waals surface area contributed by atoms with Gasteiger partial charge in [-0.25, -0.2) is 9.97 Å². The molecule has 1 aromatic rings. The van der Waals surface area contributed by atoms with Gasteiger partial charge >= 0.3 is 0 Å². The topological polar surface area (TPSA) is 55.0 Å². The van der Waals surface area contributed by atoms with Gasteiger partial charge in [-0.15, -0.1) is 0 Å². The van der Waals surface area contributed by atoms with Crippen LogP contribution in [0.3, 0.4) is 0 Å². The van der Waals surface area contributed by atoms with E-state index in [1.165, 1.54) is 0 Å². The highest BCUT2D eigenvalue weighted by molar-refractivity contribution is 14.1. The van der Waals surface area contributed by atoms with Gasteiger partial charge in [-0.1, -0.05) is 6.92 Å². The quantitative estimate of drug-likeness (QED) is 0.782. The first kappa shape index (κ1) is 10.1. The zero-order chi connectivity index (χ0) is 10.1. The van der Waals surface area contributed by atoms with Crippen LogP contribution >= 0.6 is 22.6 Å². The van der Waals surface area contributed by atoms with Crippen molar-refractivity contribution in [2.24, 2.45) is 11.7 Å². The fourth-order valence-corrected chi connectivity index (χ4v) is 1.90. The number of halogens is 1. The molecule has 0 aliphatic carbocycles. The normalized spacial score (nSPS) is 26.9. The molecule has 1 aliphatic rings. The standard InChI is InChI=1S/C9H13IN4/c1-6-4-14(5-8(6)11)9-12-2-7(10)3-13-9/h2-3,6,8H,4-5,11H2,1H3. The molecule has 1 aliphatic heterocycles. The number of rotatable bonds is 1. The Hall–Kier alpha value is -0.430. The summed E-state index contributed by atoms with van der Waals surface area (Å²) in [5, 5.41) is 0. The molecule has 1 aromatic heterocycles. The second-order valence-electron chi connectivity index (χ2n) is 3.75. The van der Waals surface area contributed by atoms with Crippen molar-refractivity contribution in [3.63, 3.8) is 0 Å². The Morgan fingerprint density at radius 3 is 2.57 bits per heavy atom. The average molecular weight is 304 g/mol. The highest BCUT2D eigenvalue weighted by Crippen LogP contribution is 2.19. The van der Waals surface area contributed by atoms with E-state index in [-0.39, 0.29) is 6.04 Å². The van der Waals surface area contributed by atoms with Crippen molar-refractivity contribution in [3.8, 4) is 0 Å². The molecule has 1 fully saturated rings. The molecule has 76 valence electrons. The van der Waals surface area contributed by atoms with Crippen LogP contribution in [0.25, 0.3) is 0 Å². The van der Waals surface area contributed by atoms with Crippen molar-refractivity contribution >= 4 is 28.5 Å². The third kappa shape index (κ3) is 1.98. The minimum atomic E-state index is 0.248. The van der Waals surface area contributed by atoms with E-state index in [1.807, 2.05) is 12.4 Å². The zero-order valence-electron chi connectivity index (χ0n) is 8.02. The van der Waals surface area contributed by atoms with E-state index in [0.717, 1.165) is 22.6 Å². The van der Waals surface area contributed by atoms with Crippen LogP contribution in [0, 0.1) is 9.49 Å². The van der Waals surface area contributed by atoms with Crippen LogP contribution in [0.4, 0.5) is 5.95 Å². The fourth-order valence-electron chi connectivity index (χ4n) is 1.62. The SMILES string of the molecule is CC1CN(c2ncc(I)cn2)CC1N. The Balaban J connectivity index is 2.13. The summed E-state index contributed by atoms with van der Waals surface area (Å²) >= 11 is 2.20. The Bertz CT molecular complexity index is 303. The molecule has 0 spiro atoms. The molecule has 0 amide bonds. The van der Waals surface area contributed by atoms with Crippen LogP contribution in [0.2, 0.25) is 0 Å². The van der Waals surface area contributed by atoms with E-state index in [9.17, 15) is 0 Å². The summed E-state index contributed by atoms with van der Waals surface area (Å²) in [4.78, 5) is 10.7. The summed E-state index contributed by atoms with van der Waals surface area (Å²) in [6.45, 7) is 3.99. The summed E-state index contributed by atoms with van der Waals surface area (Å²) in [7, 11) is 0. The van der Waals surface area contributed by atoms with Crippen LogP contribution in [0.1, 0.15) is 6.92 Å². The van der Waals surface area contributed by atoms with Crippen molar-refractivity contribution in [2.75, 3.05) is 18.0 Å². The van der Waals surface area contributed by atoms with Gasteiger partial charge in [-0.05, 0) is 28.5 Å². The molecule has 2 rings (SSSR count). The molecule has 5 heteroatoms. The van der Waals surface area contributed by atoms with Crippen LogP contribution in [-0.4, -0.2) is 29.1 Å². The Labute approximate surface area is 97.1 Å². The average Bonchev–Trinajstić information content (AvgIpc) is 2.48. The first-order valence-electron chi connectivity index (χ1n) is 4.65. The lowest BCUT2D eigenvalue weighted by Gasteiger charge is -2.14. The third-order valence-corrected chi connectivity index (χ3v) is 3.12. The molecule has 2 N–H and O–H groups in total. The predicted molar refractivity (Wildman–Crippen MR) is 64.1 cm³/mol. The van der Waals surface area contributed by atoms with Crippen LogP contribution in [-0.2, 0) is 0 Å². The van der Waals surface area contributed by atoms with Gasteiger partial charge in [0.15, 0.2) is 0 Å². The Morgan fingerprint density at radius 1 is 1.43 bits per heavy atom. The van der Waals surface area contributed by atoms with Gasteiger partial charge < -0.3 is 10.6 Å². The number of hydrogen-bond acceptors (Lipinski definition) is 4. The van der Waals surface area contributed by atoms with Crippen molar-refractivity contribution in [3.05, 3.63) is 16.0 Å². The maximum Gasteiger partial charge on any atom is 0.225 e. The molecule has 4 nitrogen and oxygen atoms in total. The molecule has 2 atom stereocenters. The maximum atomic E-state index is 5.94. The minimum Gasteiger partial charge on any atom is -0.339 e. The van der Waals surface area contributed by atoms with Gasteiger partial charge in [0.05, 0.1) is 0 Å². The molecule has 0 radical (unpaired) electrons. The van der Waals surface area contributed by atoms with E-state index >= 15 is 0 Å². The second-order valence-corrected chi connectivity index (χ2v) is 4.99. The molecular formula is C9H13IN4. The van der Waals surface area contributed by atoms with E-state index in [2.05, 4.69) is 44.4 Å². The molecule has 14 heavy (non-hydrogen) atoms. The molecule has 2 heterocycles. The predicted octanol–water partition coefficient (Wildman–Crippen LogP) is 0.865. The summed E-state index contributed by atoms with van der Waals surface area (Å²) in [5.74, 6) is 1.32.